The number of carbonyl (C=O) groups excluding carboxylic acids is 1. The maximum absolute atomic E-state index is 15.0. The normalized spacial score (nSPS) is 20.8. The van der Waals surface area contributed by atoms with Crippen molar-refractivity contribution in [3.05, 3.63) is 91.9 Å². The van der Waals surface area contributed by atoms with Gasteiger partial charge in [-0.3, -0.25) is 14.2 Å². The number of likely N-dealkylation sites (tertiary alicyclic amines) is 1. The minimum absolute atomic E-state index is 0.0438. The maximum atomic E-state index is 15.0. The lowest BCUT2D eigenvalue weighted by Gasteiger charge is -2.42. The van der Waals surface area contributed by atoms with Gasteiger partial charge in [0.15, 0.2) is 0 Å². The third-order valence-electron chi connectivity index (χ3n) is 13.9. The first kappa shape index (κ1) is 36.8. The van der Waals surface area contributed by atoms with Crippen LogP contribution in [0.15, 0.2) is 57.8 Å². The SMILES string of the molecule is NC(=O)CCCc1c(F)cc(N2CCC3(CCN(CC4CCN(c5ccc6c(c5)-n5c(nc(=O)c7c(Br)cccc75)C65CCCCC5)CC4)CC3)C2)cc1F. The van der Waals surface area contributed by atoms with E-state index in [2.05, 4.69) is 59.5 Å². The van der Waals surface area contributed by atoms with Gasteiger partial charge in [0, 0.05) is 60.6 Å². The Kier molecular flexibility index (Phi) is 9.76. The third-order valence-corrected chi connectivity index (χ3v) is 14.6. The van der Waals surface area contributed by atoms with Crippen molar-refractivity contribution in [3.8, 4) is 5.69 Å². The highest BCUT2D eigenvalue weighted by Crippen LogP contribution is 2.52. The molecule has 1 amide bonds. The summed E-state index contributed by atoms with van der Waals surface area (Å²) in [7, 11) is 0. The number of nitrogens with two attached hydrogens (primary N) is 1. The molecule has 1 aliphatic carbocycles. The minimum atomic E-state index is -0.534. The number of aromatic nitrogens is 2. The van der Waals surface area contributed by atoms with Crippen LogP contribution in [0.3, 0.4) is 0 Å². The molecule has 3 aromatic carbocycles. The first-order chi connectivity index (χ1) is 26.6. The molecule has 1 saturated carbocycles. The summed E-state index contributed by atoms with van der Waals surface area (Å²) in [6.45, 7) is 6.98. The second kappa shape index (κ2) is 14.6. The predicted molar refractivity (Wildman–Crippen MR) is 217 cm³/mol. The van der Waals surface area contributed by atoms with Gasteiger partial charge in [0.1, 0.15) is 17.5 Å². The van der Waals surface area contributed by atoms with Crippen molar-refractivity contribution in [2.24, 2.45) is 17.1 Å². The Balaban J connectivity index is 0.828. The van der Waals surface area contributed by atoms with Crippen molar-refractivity contribution >= 4 is 44.1 Å². The fraction of sp³-hybridized carbons (Fsp3) is 0.523. The highest BCUT2D eigenvalue weighted by atomic mass is 79.9. The molecule has 9 rings (SSSR count). The van der Waals surface area contributed by atoms with Gasteiger partial charge in [0.2, 0.25) is 5.91 Å². The van der Waals surface area contributed by atoms with Gasteiger partial charge < -0.3 is 20.4 Å². The summed E-state index contributed by atoms with van der Waals surface area (Å²) in [5.74, 6) is 0.0620. The van der Waals surface area contributed by atoms with E-state index in [9.17, 15) is 18.4 Å². The molecule has 0 radical (unpaired) electrons. The van der Waals surface area contributed by atoms with Gasteiger partial charge in [-0.1, -0.05) is 31.4 Å². The van der Waals surface area contributed by atoms with Crippen LogP contribution >= 0.6 is 15.9 Å². The van der Waals surface area contributed by atoms with E-state index in [1.165, 1.54) is 35.5 Å². The average molecular weight is 814 g/mol. The topological polar surface area (TPSA) is 87.7 Å². The molecule has 4 aromatic rings. The van der Waals surface area contributed by atoms with Crippen LogP contribution in [0.2, 0.25) is 0 Å². The smallest absolute Gasteiger partial charge is 0.281 e. The zero-order valence-electron chi connectivity index (χ0n) is 31.6. The number of hydrogen-bond acceptors (Lipinski definition) is 6. The van der Waals surface area contributed by atoms with Crippen LogP contribution in [0.25, 0.3) is 16.6 Å². The van der Waals surface area contributed by atoms with Crippen LogP contribution in [0.4, 0.5) is 20.2 Å². The Morgan fingerprint density at radius 2 is 1.60 bits per heavy atom. The van der Waals surface area contributed by atoms with Crippen LogP contribution in [-0.4, -0.2) is 66.2 Å². The zero-order valence-corrected chi connectivity index (χ0v) is 33.2. The van der Waals surface area contributed by atoms with Crippen molar-refractivity contribution in [1.82, 2.24) is 14.5 Å². The second-order valence-corrected chi connectivity index (χ2v) is 18.0. The second-order valence-electron chi connectivity index (χ2n) is 17.2. The molecule has 0 unspecified atom stereocenters. The number of halogens is 3. The lowest BCUT2D eigenvalue weighted by molar-refractivity contribution is -0.118. The monoisotopic (exact) mass is 812 g/mol. The number of amides is 1. The largest absolute Gasteiger partial charge is 0.371 e. The van der Waals surface area contributed by atoms with Crippen LogP contribution in [0, 0.1) is 23.0 Å². The molecule has 8 nitrogen and oxygen atoms in total. The Morgan fingerprint density at radius 1 is 0.873 bits per heavy atom. The van der Waals surface area contributed by atoms with Gasteiger partial charge in [-0.05, 0) is 140 Å². The van der Waals surface area contributed by atoms with E-state index >= 15 is 0 Å². The molecule has 11 heteroatoms. The van der Waals surface area contributed by atoms with E-state index in [0.717, 1.165) is 119 Å². The van der Waals surface area contributed by atoms with Crippen LogP contribution in [0.5, 0.6) is 0 Å². The zero-order chi connectivity index (χ0) is 37.9. The molecule has 4 aliphatic heterocycles. The van der Waals surface area contributed by atoms with Crippen molar-refractivity contribution in [2.75, 3.05) is 55.6 Å². The molecular formula is C44H51BrF2N6O2. The summed E-state index contributed by atoms with van der Waals surface area (Å²) in [4.78, 5) is 36.7. The number of nitrogens with zero attached hydrogens (tertiary/aromatic N) is 5. The summed E-state index contributed by atoms with van der Waals surface area (Å²) in [5.41, 5.74) is 10.4. The van der Waals surface area contributed by atoms with Crippen LogP contribution < -0.4 is 21.1 Å². The summed E-state index contributed by atoms with van der Waals surface area (Å²) in [6.07, 6.45) is 11.8. The molecule has 5 heterocycles. The number of piperidine rings is 2. The summed E-state index contributed by atoms with van der Waals surface area (Å²) >= 11 is 3.64. The quantitative estimate of drug-likeness (QED) is 0.194. The van der Waals surface area contributed by atoms with Crippen LogP contribution in [-0.2, 0) is 16.6 Å². The van der Waals surface area contributed by atoms with Gasteiger partial charge in [-0.15, -0.1) is 0 Å². The summed E-state index contributed by atoms with van der Waals surface area (Å²) in [5, 5.41) is 0.650. The molecule has 0 bridgehead atoms. The Bertz CT molecular complexity index is 2160. The predicted octanol–water partition coefficient (Wildman–Crippen LogP) is 8.01. The van der Waals surface area contributed by atoms with Crippen LogP contribution in [0.1, 0.15) is 94.0 Å². The number of carbonyl (C=O) groups is 1. The molecular weight excluding hydrogens is 762 g/mol. The van der Waals surface area contributed by atoms with Gasteiger partial charge in [-0.2, -0.15) is 4.98 Å². The molecule has 0 atom stereocenters. The van der Waals surface area contributed by atoms with Gasteiger partial charge in [0.05, 0.1) is 22.0 Å². The summed E-state index contributed by atoms with van der Waals surface area (Å²) < 4.78 is 33.0. The number of primary amides is 1. The van der Waals surface area contributed by atoms with E-state index in [1.807, 2.05) is 12.1 Å². The molecule has 55 heavy (non-hydrogen) atoms. The average Bonchev–Trinajstić information content (AvgIpc) is 3.71. The lowest BCUT2D eigenvalue weighted by atomic mass is 9.70. The Hall–Kier alpha value is -3.83. The minimum Gasteiger partial charge on any atom is -0.371 e. The van der Waals surface area contributed by atoms with E-state index in [4.69, 9.17) is 10.7 Å². The number of fused-ring (bicyclic) bond motifs is 7. The first-order valence-electron chi connectivity index (χ1n) is 20.5. The fourth-order valence-corrected chi connectivity index (χ4v) is 11.4. The molecule has 2 spiro atoms. The highest BCUT2D eigenvalue weighted by Gasteiger charge is 2.47. The molecule has 4 fully saturated rings. The summed E-state index contributed by atoms with van der Waals surface area (Å²) in [6, 6.07) is 16.0. The molecule has 1 aromatic heterocycles. The van der Waals surface area contributed by atoms with E-state index in [0.29, 0.717) is 23.4 Å². The number of anilines is 2. The Morgan fingerprint density at radius 3 is 2.33 bits per heavy atom. The highest BCUT2D eigenvalue weighted by molar-refractivity contribution is 9.10. The van der Waals surface area contributed by atoms with Gasteiger partial charge in [0.25, 0.3) is 5.56 Å². The maximum Gasteiger partial charge on any atom is 0.281 e. The fourth-order valence-electron chi connectivity index (χ4n) is 10.8. The van der Waals surface area contributed by atoms with Crippen molar-refractivity contribution in [1.29, 1.82) is 0 Å². The standard InChI is InChI=1S/C44H51BrF2N6O2/c45-34-7-5-8-37-40(34)41(55)49-42-44(14-2-1-3-15-44)33-11-10-30(26-38(33)53(37)42)51-19-12-29(13-20-51)27-50-21-16-43(17-22-50)18-23-52(28-43)31-24-35(46)32(36(47)25-31)6-4-9-39(48)54/h5,7-8,10-11,24-26,29H,1-4,6,9,12-23,27-28H2,(H2,48,54). The number of hydrogen-bond donors (Lipinski definition) is 1. The molecule has 2 N–H and O–H groups in total. The Labute approximate surface area is 330 Å². The van der Waals surface area contributed by atoms with Crippen molar-refractivity contribution in [2.45, 2.75) is 88.9 Å². The third kappa shape index (κ3) is 6.66. The van der Waals surface area contributed by atoms with E-state index < -0.39 is 17.5 Å². The lowest BCUT2D eigenvalue weighted by Crippen LogP contribution is -2.45. The van der Waals surface area contributed by atoms with Gasteiger partial charge >= 0.3 is 0 Å². The number of rotatable bonds is 8. The molecule has 5 aliphatic rings. The van der Waals surface area contributed by atoms with Crippen molar-refractivity contribution in [3.63, 3.8) is 0 Å². The van der Waals surface area contributed by atoms with Crippen molar-refractivity contribution < 1.29 is 13.6 Å². The molecule has 290 valence electrons. The van der Waals surface area contributed by atoms with E-state index in [1.54, 1.807) is 0 Å². The number of benzene rings is 3. The van der Waals surface area contributed by atoms with E-state index in [-0.39, 0.29) is 34.8 Å². The molecule has 3 saturated heterocycles. The first-order valence-corrected chi connectivity index (χ1v) is 21.3. The van der Waals surface area contributed by atoms with Gasteiger partial charge in [-0.25, -0.2) is 8.78 Å².